The van der Waals surface area contributed by atoms with E-state index < -0.39 is 5.60 Å². The summed E-state index contributed by atoms with van der Waals surface area (Å²) in [7, 11) is 3.96. The Morgan fingerprint density at radius 2 is 2.10 bits per heavy atom. The van der Waals surface area contributed by atoms with Crippen molar-refractivity contribution in [2.24, 2.45) is 11.3 Å². The van der Waals surface area contributed by atoms with Gasteiger partial charge in [0.25, 0.3) is 0 Å². The minimum absolute atomic E-state index is 0.0652. The number of hydrogen-bond donors (Lipinski definition) is 1. The third-order valence-corrected chi connectivity index (χ3v) is 9.34. The number of phenols is 1. The number of nitrogens with zero attached hydrogens (tertiary/aromatic N) is 1. The Balaban J connectivity index is 1.87. The van der Waals surface area contributed by atoms with Crippen LogP contribution in [-0.4, -0.2) is 54.2 Å². The number of hydrogen-bond acceptors (Lipinski definition) is 5. The monoisotopic (exact) mass is 399 g/mol. The molecule has 5 heteroatoms. The zero-order chi connectivity index (χ0) is 20.8. The molecule has 2 bridgehead atoms. The molecule has 2 fully saturated rings. The zero-order valence-corrected chi connectivity index (χ0v) is 18.2. The third kappa shape index (κ3) is 1.93. The second-order valence-electron chi connectivity index (χ2n) is 9.76. The molecule has 2 aliphatic carbocycles. The lowest BCUT2D eigenvalue weighted by Gasteiger charge is -2.69. The maximum atomic E-state index is 13.0. The highest BCUT2D eigenvalue weighted by Crippen LogP contribution is 2.73. The second-order valence-corrected chi connectivity index (χ2v) is 9.76. The standard InChI is InChI=1S/C24H33NO4/c1-6-22-13-16(14(3)26)24(7-2,28-5)21-23(22)10-11-25(4)18(22)12-15-8-9-17(27)20(29-21)19(15)23/h8-9,16,18,21,27H,6-7,10-13H2,1-5H3/t16-,18+,21+,22+,23-,24+/m0/s1. The Morgan fingerprint density at radius 3 is 2.72 bits per heavy atom. The zero-order valence-electron chi connectivity index (χ0n) is 18.2. The molecular formula is C24H33NO4. The number of Topliss-reactive ketones (excluding diaryl/α,β-unsaturated/α-hetero) is 1. The fraction of sp³-hybridized carbons (Fsp3) is 0.708. The molecule has 29 heavy (non-hydrogen) atoms. The molecule has 1 aromatic carbocycles. The molecule has 0 aromatic heterocycles. The topological polar surface area (TPSA) is 59.0 Å². The maximum Gasteiger partial charge on any atom is 0.165 e. The van der Waals surface area contributed by atoms with Gasteiger partial charge < -0.3 is 19.5 Å². The number of rotatable bonds is 4. The highest BCUT2D eigenvalue weighted by Gasteiger charge is 2.77. The number of ketones is 1. The summed E-state index contributed by atoms with van der Waals surface area (Å²) < 4.78 is 13.0. The molecular weight excluding hydrogens is 366 g/mol. The lowest BCUT2D eigenvalue weighted by molar-refractivity contribution is -0.233. The number of methoxy groups -OCH3 is 1. The Hall–Kier alpha value is -1.59. The first-order valence-electron chi connectivity index (χ1n) is 11.1. The smallest absolute Gasteiger partial charge is 0.165 e. The number of carbonyl (C=O) groups is 1. The fourth-order valence-corrected chi connectivity index (χ4v) is 8.11. The summed E-state index contributed by atoms with van der Waals surface area (Å²) in [6.45, 7) is 7.09. The Bertz CT molecular complexity index is 878. The quantitative estimate of drug-likeness (QED) is 0.840. The predicted molar refractivity (Wildman–Crippen MR) is 110 cm³/mol. The minimum Gasteiger partial charge on any atom is -0.504 e. The van der Waals surface area contributed by atoms with Gasteiger partial charge in [0, 0.05) is 29.5 Å². The molecule has 0 unspecified atom stereocenters. The molecule has 2 aliphatic heterocycles. The SMILES string of the molecule is CC[C@@]1(OC)[C@H](C(C)=O)C[C@]2(CC)[C@H]3Cc4ccc(O)c5c4[C@@]2(CCN3C)[C@H]1O5. The Labute approximate surface area is 173 Å². The van der Waals surface area contributed by atoms with Gasteiger partial charge in [0.2, 0.25) is 0 Å². The first-order valence-corrected chi connectivity index (χ1v) is 11.1. The Morgan fingerprint density at radius 1 is 1.34 bits per heavy atom. The number of ether oxygens (including phenoxy) is 2. The highest BCUT2D eigenvalue weighted by atomic mass is 16.6. The number of likely N-dealkylation sites (tertiary alicyclic amines) is 1. The number of likely N-dealkylation sites (N-methyl/N-ethyl adjacent to an activating group) is 1. The van der Waals surface area contributed by atoms with Gasteiger partial charge in [-0.05, 0) is 64.3 Å². The first kappa shape index (κ1) is 19.4. The van der Waals surface area contributed by atoms with E-state index in [0.29, 0.717) is 18.2 Å². The van der Waals surface area contributed by atoms with E-state index in [1.54, 1.807) is 20.1 Å². The summed E-state index contributed by atoms with van der Waals surface area (Å²) in [5.41, 5.74) is 1.54. The summed E-state index contributed by atoms with van der Waals surface area (Å²) in [5, 5.41) is 10.8. The van der Waals surface area contributed by atoms with Crippen LogP contribution in [0, 0.1) is 11.3 Å². The van der Waals surface area contributed by atoms with Gasteiger partial charge >= 0.3 is 0 Å². The molecule has 4 aliphatic rings. The van der Waals surface area contributed by atoms with Gasteiger partial charge in [0.05, 0.1) is 5.92 Å². The third-order valence-electron chi connectivity index (χ3n) is 9.34. The van der Waals surface area contributed by atoms with Crippen LogP contribution in [0.25, 0.3) is 0 Å². The first-order chi connectivity index (χ1) is 13.8. The van der Waals surface area contributed by atoms with Crippen LogP contribution in [0.5, 0.6) is 11.5 Å². The van der Waals surface area contributed by atoms with E-state index in [0.717, 1.165) is 32.2 Å². The summed E-state index contributed by atoms with van der Waals surface area (Å²) >= 11 is 0. The molecule has 0 radical (unpaired) electrons. The van der Waals surface area contributed by atoms with Crippen LogP contribution in [0.2, 0.25) is 0 Å². The average molecular weight is 400 g/mol. The molecule has 0 amide bonds. The molecule has 2 heterocycles. The van der Waals surface area contributed by atoms with Crippen LogP contribution in [-0.2, 0) is 21.4 Å². The summed E-state index contributed by atoms with van der Waals surface area (Å²) in [6.07, 6.45) is 4.18. The van der Waals surface area contributed by atoms with Gasteiger partial charge in [-0.3, -0.25) is 4.79 Å². The van der Waals surface area contributed by atoms with Gasteiger partial charge in [-0.25, -0.2) is 0 Å². The van der Waals surface area contributed by atoms with Crippen molar-refractivity contribution in [3.8, 4) is 11.5 Å². The van der Waals surface area contributed by atoms with Crippen LogP contribution < -0.4 is 4.74 Å². The van der Waals surface area contributed by atoms with Crippen molar-refractivity contribution in [3.05, 3.63) is 23.3 Å². The summed E-state index contributed by atoms with van der Waals surface area (Å²) in [4.78, 5) is 15.5. The molecule has 5 rings (SSSR count). The van der Waals surface area contributed by atoms with Gasteiger partial charge in [0.1, 0.15) is 17.5 Å². The second kappa shape index (κ2) is 5.98. The van der Waals surface area contributed by atoms with E-state index in [1.807, 2.05) is 0 Å². The molecule has 1 saturated carbocycles. The molecule has 158 valence electrons. The lowest BCUT2D eigenvalue weighted by Crippen LogP contribution is -2.77. The molecule has 1 N–H and O–H groups in total. The lowest BCUT2D eigenvalue weighted by atomic mass is 9.38. The van der Waals surface area contributed by atoms with Crippen LogP contribution in [0.4, 0.5) is 0 Å². The van der Waals surface area contributed by atoms with E-state index in [-0.39, 0.29) is 34.4 Å². The van der Waals surface area contributed by atoms with Crippen molar-refractivity contribution in [2.45, 2.75) is 76.0 Å². The normalized spacial score (nSPS) is 42.3. The molecule has 1 saturated heterocycles. The number of phenolic OH excluding ortho intramolecular Hbond substituents is 1. The van der Waals surface area contributed by atoms with Crippen LogP contribution in [0.3, 0.4) is 0 Å². The van der Waals surface area contributed by atoms with E-state index in [9.17, 15) is 9.90 Å². The van der Waals surface area contributed by atoms with E-state index in [1.165, 1.54) is 11.1 Å². The van der Waals surface area contributed by atoms with Crippen molar-refractivity contribution in [1.82, 2.24) is 4.90 Å². The highest BCUT2D eigenvalue weighted by molar-refractivity contribution is 5.81. The van der Waals surface area contributed by atoms with Gasteiger partial charge in [-0.15, -0.1) is 0 Å². The van der Waals surface area contributed by atoms with Gasteiger partial charge in [0.15, 0.2) is 11.5 Å². The van der Waals surface area contributed by atoms with E-state index >= 15 is 0 Å². The fourth-order valence-electron chi connectivity index (χ4n) is 8.11. The van der Waals surface area contributed by atoms with E-state index in [2.05, 4.69) is 31.9 Å². The van der Waals surface area contributed by atoms with E-state index in [4.69, 9.17) is 9.47 Å². The number of aromatic hydroxyl groups is 1. The summed E-state index contributed by atoms with van der Waals surface area (Å²) in [6, 6.07) is 4.23. The Kier molecular flexibility index (Phi) is 3.99. The van der Waals surface area contributed by atoms with Crippen LogP contribution in [0.1, 0.15) is 57.6 Å². The molecule has 6 atom stereocenters. The number of benzene rings is 1. The van der Waals surface area contributed by atoms with Crippen LogP contribution >= 0.6 is 0 Å². The predicted octanol–water partition coefficient (Wildman–Crippen LogP) is 3.45. The van der Waals surface area contributed by atoms with Gasteiger partial charge in [-0.1, -0.05) is 19.9 Å². The van der Waals surface area contributed by atoms with Crippen LogP contribution in [0.15, 0.2) is 12.1 Å². The van der Waals surface area contributed by atoms with Crippen molar-refractivity contribution >= 4 is 5.78 Å². The summed E-state index contributed by atoms with van der Waals surface area (Å²) in [5.74, 6) is 0.844. The minimum atomic E-state index is -0.676. The van der Waals surface area contributed by atoms with Crippen molar-refractivity contribution < 1.29 is 19.4 Å². The number of piperidine rings is 1. The van der Waals surface area contributed by atoms with Gasteiger partial charge in [-0.2, -0.15) is 0 Å². The number of carbonyl (C=O) groups excluding carboxylic acids is 1. The largest absolute Gasteiger partial charge is 0.504 e. The van der Waals surface area contributed by atoms with Crippen molar-refractivity contribution in [3.63, 3.8) is 0 Å². The van der Waals surface area contributed by atoms with Crippen molar-refractivity contribution in [1.29, 1.82) is 0 Å². The average Bonchev–Trinajstić information content (AvgIpc) is 3.07. The molecule has 1 spiro atoms. The maximum absolute atomic E-state index is 13.0. The van der Waals surface area contributed by atoms with Crippen molar-refractivity contribution in [2.75, 3.05) is 20.7 Å². The molecule has 1 aromatic rings. The molecule has 5 nitrogen and oxygen atoms in total.